The van der Waals surface area contributed by atoms with E-state index in [1.54, 1.807) is 18.2 Å². The fourth-order valence-electron chi connectivity index (χ4n) is 2.23. The molecule has 0 aliphatic carbocycles. The molecule has 7 nitrogen and oxygen atoms in total. The Balaban J connectivity index is 1.77. The second-order valence-electron chi connectivity index (χ2n) is 6.00. The Kier molecular flexibility index (Phi) is 9.33. The van der Waals surface area contributed by atoms with Crippen LogP contribution in [0, 0.1) is 0 Å². The van der Waals surface area contributed by atoms with Crippen LogP contribution < -0.4 is 10.7 Å². The molecule has 2 N–H and O–H groups in total. The van der Waals surface area contributed by atoms with E-state index in [1.807, 2.05) is 0 Å². The van der Waals surface area contributed by atoms with Crippen LogP contribution in [0.1, 0.15) is 49.6 Å². The number of hydrazone groups is 1. The van der Waals surface area contributed by atoms with Gasteiger partial charge in [0.25, 0.3) is 0 Å². The minimum Gasteiger partial charge on any atom is -0.301 e. The fraction of sp³-hybridized carbons (Fsp3) is 0.389. The Bertz CT molecular complexity index is 841. The summed E-state index contributed by atoms with van der Waals surface area (Å²) in [7, 11) is 0. The summed E-state index contributed by atoms with van der Waals surface area (Å²) in [5.41, 5.74) is 3.03. The monoisotopic (exact) mass is 441 g/mol. The molecule has 1 aromatic carbocycles. The molecule has 10 heteroatoms. The average molecular weight is 442 g/mol. The molecule has 2 aromatic rings. The third kappa shape index (κ3) is 7.92. The summed E-state index contributed by atoms with van der Waals surface area (Å²) in [4.78, 5) is 23.8. The van der Waals surface area contributed by atoms with Crippen molar-refractivity contribution >= 4 is 57.7 Å². The topological polar surface area (TPSA) is 96.3 Å². The molecule has 28 heavy (non-hydrogen) atoms. The highest BCUT2D eigenvalue weighted by atomic mass is 35.5. The number of halogens is 2. The number of benzene rings is 1. The number of hydrogen-bond acceptors (Lipinski definition) is 6. The van der Waals surface area contributed by atoms with Gasteiger partial charge in [-0.25, -0.2) is 5.43 Å². The molecule has 0 aliphatic rings. The van der Waals surface area contributed by atoms with Crippen LogP contribution in [-0.4, -0.2) is 28.2 Å². The summed E-state index contributed by atoms with van der Waals surface area (Å²) in [6, 6.07) is 4.97. The van der Waals surface area contributed by atoms with Crippen molar-refractivity contribution in [1.82, 2.24) is 15.6 Å². The summed E-state index contributed by atoms with van der Waals surface area (Å²) < 4.78 is 0. The highest BCUT2D eigenvalue weighted by molar-refractivity contribution is 7.15. The average Bonchev–Trinajstić information content (AvgIpc) is 3.07. The minimum atomic E-state index is -0.352. The first kappa shape index (κ1) is 22.3. The van der Waals surface area contributed by atoms with Crippen molar-refractivity contribution in [2.75, 3.05) is 5.32 Å². The normalized spacial score (nSPS) is 11.0. The Morgan fingerprint density at radius 2 is 2.00 bits per heavy atom. The minimum absolute atomic E-state index is 0.00965. The number of hydrogen-bond donors (Lipinski definition) is 2. The summed E-state index contributed by atoms with van der Waals surface area (Å²) in [5, 5.41) is 16.2. The third-order valence-electron chi connectivity index (χ3n) is 3.64. The van der Waals surface area contributed by atoms with Crippen LogP contribution in [0.2, 0.25) is 10.0 Å². The lowest BCUT2D eigenvalue weighted by Gasteiger charge is -2.00. The van der Waals surface area contributed by atoms with E-state index in [-0.39, 0.29) is 18.2 Å². The highest BCUT2D eigenvalue weighted by Gasteiger charge is 2.11. The zero-order valence-corrected chi connectivity index (χ0v) is 17.7. The summed E-state index contributed by atoms with van der Waals surface area (Å²) >= 11 is 13.0. The molecule has 1 aromatic heterocycles. The van der Waals surface area contributed by atoms with Crippen molar-refractivity contribution < 1.29 is 9.59 Å². The molecule has 150 valence electrons. The first-order valence-corrected chi connectivity index (χ1v) is 10.4. The number of anilines is 1. The van der Waals surface area contributed by atoms with Crippen molar-refractivity contribution in [3.05, 3.63) is 38.8 Å². The SMILES string of the molecule is CCCCCCC(=O)Nc1nnc(CC(=O)N/N=C\c2ccc(Cl)cc2Cl)s1. The zero-order chi connectivity index (χ0) is 20.4. The molecule has 0 spiro atoms. The maximum Gasteiger partial charge on any atom is 0.247 e. The van der Waals surface area contributed by atoms with Crippen LogP contribution >= 0.6 is 34.5 Å². The van der Waals surface area contributed by atoms with E-state index in [9.17, 15) is 9.59 Å². The molecule has 2 rings (SSSR count). The van der Waals surface area contributed by atoms with Gasteiger partial charge in [-0.3, -0.25) is 9.59 Å². The van der Waals surface area contributed by atoms with Gasteiger partial charge in [0.05, 0.1) is 17.7 Å². The lowest BCUT2D eigenvalue weighted by atomic mass is 10.1. The standard InChI is InChI=1S/C18H21Cl2N5O2S/c1-2-3-4-5-6-15(26)22-18-25-24-17(28-18)10-16(27)23-21-11-12-7-8-13(19)9-14(12)20/h7-9,11H,2-6,10H2,1H3,(H,23,27)(H,22,25,26)/b21-11-. The quantitative estimate of drug-likeness (QED) is 0.323. The van der Waals surface area contributed by atoms with Crippen LogP contribution in [0.5, 0.6) is 0 Å². The van der Waals surface area contributed by atoms with Crippen LogP contribution in [0.15, 0.2) is 23.3 Å². The maximum absolute atomic E-state index is 11.9. The van der Waals surface area contributed by atoms with E-state index in [1.165, 1.54) is 6.21 Å². The van der Waals surface area contributed by atoms with Gasteiger partial charge in [-0.05, 0) is 18.6 Å². The maximum atomic E-state index is 11.9. The van der Waals surface area contributed by atoms with E-state index < -0.39 is 0 Å². The summed E-state index contributed by atoms with van der Waals surface area (Å²) in [6.45, 7) is 2.12. The molecular formula is C18H21Cl2N5O2S. The molecule has 0 saturated heterocycles. The van der Waals surface area contributed by atoms with Gasteiger partial charge in [0, 0.05) is 17.0 Å². The van der Waals surface area contributed by atoms with Crippen molar-refractivity contribution in [2.45, 2.75) is 45.4 Å². The second kappa shape index (κ2) is 11.7. The first-order valence-electron chi connectivity index (χ1n) is 8.87. The Labute approximate surface area is 177 Å². The third-order valence-corrected chi connectivity index (χ3v) is 5.04. The van der Waals surface area contributed by atoms with Crippen molar-refractivity contribution in [3.8, 4) is 0 Å². The van der Waals surface area contributed by atoms with Crippen molar-refractivity contribution in [3.63, 3.8) is 0 Å². The van der Waals surface area contributed by atoms with Gasteiger partial charge >= 0.3 is 0 Å². The highest BCUT2D eigenvalue weighted by Crippen LogP contribution is 2.19. The Morgan fingerprint density at radius 1 is 1.18 bits per heavy atom. The van der Waals surface area contributed by atoms with Crippen LogP contribution in [0.25, 0.3) is 0 Å². The molecule has 0 aliphatic heterocycles. The number of nitrogens with zero attached hydrogens (tertiary/aromatic N) is 3. The molecule has 1 heterocycles. The van der Waals surface area contributed by atoms with Crippen LogP contribution in [0.3, 0.4) is 0 Å². The number of carbonyl (C=O) groups is 2. The Hall–Kier alpha value is -2.03. The number of nitrogens with one attached hydrogen (secondary N) is 2. The van der Waals surface area contributed by atoms with Gasteiger partial charge in [0.15, 0.2) is 0 Å². The molecule has 0 atom stereocenters. The Morgan fingerprint density at radius 3 is 2.75 bits per heavy atom. The number of unbranched alkanes of at least 4 members (excludes halogenated alkanes) is 3. The number of rotatable bonds is 10. The first-order chi connectivity index (χ1) is 13.5. The summed E-state index contributed by atoms with van der Waals surface area (Å²) in [5.74, 6) is -0.442. The lowest BCUT2D eigenvalue weighted by molar-refractivity contribution is -0.120. The zero-order valence-electron chi connectivity index (χ0n) is 15.4. The van der Waals surface area contributed by atoms with Gasteiger partial charge in [-0.15, -0.1) is 10.2 Å². The summed E-state index contributed by atoms with van der Waals surface area (Å²) in [6.07, 6.45) is 6.03. The molecular weight excluding hydrogens is 421 g/mol. The number of aromatic nitrogens is 2. The van der Waals surface area contributed by atoms with Gasteiger partial charge in [-0.2, -0.15) is 5.10 Å². The molecule has 2 amide bonds. The van der Waals surface area contributed by atoms with Gasteiger partial charge in [-0.1, -0.05) is 66.8 Å². The van der Waals surface area contributed by atoms with E-state index in [0.717, 1.165) is 37.0 Å². The predicted octanol–water partition coefficient (Wildman–Crippen LogP) is 4.45. The largest absolute Gasteiger partial charge is 0.301 e. The van der Waals surface area contributed by atoms with Crippen LogP contribution in [0.4, 0.5) is 5.13 Å². The molecule has 0 unspecified atom stereocenters. The van der Waals surface area contributed by atoms with Crippen molar-refractivity contribution in [2.24, 2.45) is 5.10 Å². The van der Waals surface area contributed by atoms with Gasteiger partial charge in [0.2, 0.25) is 16.9 Å². The van der Waals surface area contributed by atoms with Crippen LogP contribution in [-0.2, 0) is 16.0 Å². The van der Waals surface area contributed by atoms with Gasteiger partial charge < -0.3 is 5.32 Å². The smallest absolute Gasteiger partial charge is 0.247 e. The fourth-order valence-corrected chi connectivity index (χ4v) is 3.44. The van der Waals surface area contributed by atoms with E-state index in [0.29, 0.717) is 32.2 Å². The van der Waals surface area contributed by atoms with E-state index >= 15 is 0 Å². The molecule has 0 bridgehead atoms. The predicted molar refractivity (Wildman–Crippen MR) is 113 cm³/mol. The van der Waals surface area contributed by atoms with Crippen molar-refractivity contribution in [1.29, 1.82) is 0 Å². The molecule has 0 fully saturated rings. The molecule has 0 radical (unpaired) electrons. The number of carbonyl (C=O) groups excluding carboxylic acids is 2. The lowest BCUT2D eigenvalue weighted by Crippen LogP contribution is -2.19. The van der Waals surface area contributed by atoms with E-state index in [2.05, 4.69) is 33.0 Å². The van der Waals surface area contributed by atoms with E-state index in [4.69, 9.17) is 23.2 Å². The van der Waals surface area contributed by atoms with Gasteiger partial charge in [0.1, 0.15) is 5.01 Å². The number of amides is 2. The molecule has 0 saturated carbocycles. The second-order valence-corrected chi connectivity index (χ2v) is 7.90.